The van der Waals surface area contributed by atoms with Crippen molar-refractivity contribution in [1.82, 2.24) is 9.80 Å². The van der Waals surface area contributed by atoms with E-state index < -0.39 is 0 Å². The average molecular weight is 238 g/mol. The third-order valence-corrected chi connectivity index (χ3v) is 4.09. The number of amidine groups is 1. The zero-order valence-electron chi connectivity index (χ0n) is 10.8. The van der Waals surface area contributed by atoms with Gasteiger partial charge in [-0.05, 0) is 64.8 Å². The van der Waals surface area contributed by atoms with Gasteiger partial charge in [-0.1, -0.05) is 0 Å². The molecule has 0 saturated carbocycles. The average Bonchev–Trinajstić information content (AvgIpc) is 2.82. The van der Waals surface area contributed by atoms with Gasteiger partial charge in [-0.15, -0.1) is 0 Å². The lowest BCUT2D eigenvalue weighted by Gasteiger charge is -2.32. The van der Waals surface area contributed by atoms with Crippen LogP contribution in [0.25, 0.3) is 0 Å². The molecule has 2 fully saturated rings. The first-order valence-corrected chi connectivity index (χ1v) is 7.04. The zero-order valence-corrected chi connectivity index (χ0v) is 10.8. The lowest BCUT2D eigenvalue weighted by molar-refractivity contribution is 0.191. The maximum absolute atomic E-state index is 7.53. The number of piperidine rings is 1. The van der Waals surface area contributed by atoms with Crippen LogP contribution in [-0.2, 0) is 0 Å². The Bertz CT molecular complexity index is 248. The molecule has 0 spiro atoms. The van der Waals surface area contributed by atoms with E-state index in [2.05, 4.69) is 9.80 Å². The fourth-order valence-electron chi connectivity index (χ4n) is 3.04. The molecule has 2 aliphatic rings. The Labute approximate surface area is 105 Å². The van der Waals surface area contributed by atoms with E-state index in [-0.39, 0.29) is 0 Å². The van der Waals surface area contributed by atoms with E-state index in [1.54, 1.807) is 0 Å². The van der Waals surface area contributed by atoms with Gasteiger partial charge in [0, 0.05) is 12.5 Å². The summed E-state index contributed by atoms with van der Waals surface area (Å²) >= 11 is 0. The summed E-state index contributed by atoms with van der Waals surface area (Å²) in [4.78, 5) is 5.07. The van der Waals surface area contributed by atoms with Gasteiger partial charge in [0.25, 0.3) is 0 Å². The summed E-state index contributed by atoms with van der Waals surface area (Å²) in [6.45, 7) is 7.24. The molecule has 1 unspecified atom stereocenters. The van der Waals surface area contributed by atoms with E-state index in [9.17, 15) is 0 Å². The van der Waals surface area contributed by atoms with Crippen LogP contribution in [0.4, 0.5) is 0 Å². The molecule has 17 heavy (non-hydrogen) atoms. The number of likely N-dealkylation sites (tertiary alicyclic amines) is 2. The summed E-state index contributed by atoms with van der Waals surface area (Å²) in [7, 11) is 0. The third-order valence-electron chi connectivity index (χ3n) is 4.09. The first-order valence-electron chi connectivity index (χ1n) is 7.04. The Hall–Kier alpha value is -0.610. The molecule has 0 aliphatic carbocycles. The SMILES string of the molecule is N=C(N)C1CCCN(CCCN2CCCC2)C1. The standard InChI is InChI=1S/C13H26N4/c14-13(15)12-5-3-8-17(11-12)10-4-9-16-6-1-2-7-16/h12H,1-11H2,(H3,14,15). The quantitative estimate of drug-likeness (QED) is 0.557. The molecular weight excluding hydrogens is 212 g/mol. The van der Waals surface area contributed by atoms with Crippen LogP contribution in [0.15, 0.2) is 0 Å². The van der Waals surface area contributed by atoms with Crippen molar-refractivity contribution in [3.63, 3.8) is 0 Å². The lowest BCUT2D eigenvalue weighted by atomic mass is 9.97. The third kappa shape index (κ3) is 3.96. The minimum absolute atomic E-state index is 0.315. The summed E-state index contributed by atoms with van der Waals surface area (Å²) < 4.78 is 0. The van der Waals surface area contributed by atoms with Gasteiger partial charge in [-0.3, -0.25) is 5.41 Å². The van der Waals surface area contributed by atoms with Crippen LogP contribution in [0.5, 0.6) is 0 Å². The minimum atomic E-state index is 0.315. The van der Waals surface area contributed by atoms with E-state index in [1.165, 1.54) is 58.4 Å². The Morgan fingerprint density at radius 3 is 2.41 bits per heavy atom. The van der Waals surface area contributed by atoms with Crippen molar-refractivity contribution in [3.8, 4) is 0 Å². The first kappa shape index (κ1) is 12.8. The maximum Gasteiger partial charge on any atom is 0.0949 e. The molecule has 1 atom stereocenters. The van der Waals surface area contributed by atoms with Gasteiger partial charge in [0.1, 0.15) is 0 Å². The van der Waals surface area contributed by atoms with Gasteiger partial charge in [0.15, 0.2) is 0 Å². The van der Waals surface area contributed by atoms with Crippen LogP contribution in [-0.4, -0.2) is 54.9 Å². The fraction of sp³-hybridized carbons (Fsp3) is 0.923. The second-order valence-electron chi connectivity index (χ2n) is 5.50. The molecule has 0 aromatic rings. The van der Waals surface area contributed by atoms with Gasteiger partial charge in [0.05, 0.1) is 5.84 Å². The van der Waals surface area contributed by atoms with E-state index in [0.717, 1.165) is 13.0 Å². The molecular formula is C13H26N4. The number of hydrogen-bond donors (Lipinski definition) is 2. The molecule has 4 heteroatoms. The number of nitrogens with one attached hydrogen (secondary N) is 1. The number of nitrogens with two attached hydrogens (primary N) is 1. The second-order valence-corrected chi connectivity index (χ2v) is 5.50. The molecule has 0 aromatic heterocycles. The van der Waals surface area contributed by atoms with E-state index in [0.29, 0.717) is 11.8 Å². The highest BCUT2D eigenvalue weighted by Crippen LogP contribution is 2.16. The molecule has 0 amide bonds. The predicted octanol–water partition coefficient (Wildman–Crippen LogP) is 1.12. The van der Waals surface area contributed by atoms with Crippen LogP contribution in [0, 0.1) is 11.3 Å². The highest BCUT2D eigenvalue weighted by atomic mass is 15.2. The van der Waals surface area contributed by atoms with Crippen molar-refractivity contribution in [1.29, 1.82) is 5.41 Å². The summed E-state index contributed by atoms with van der Waals surface area (Å²) in [5, 5.41) is 7.53. The van der Waals surface area contributed by atoms with Crippen LogP contribution in [0.2, 0.25) is 0 Å². The van der Waals surface area contributed by atoms with Crippen molar-refractivity contribution >= 4 is 5.84 Å². The van der Waals surface area contributed by atoms with Crippen LogP contribution in [0.1, 0.15) is 32.1 Å². The maximum atomic E-state index is 7.53. The Balaban J connectivity index is 1.62. The van der Waals surface area contributed by atoms with Gasteiger partial charge < -0.3 is 15.5 Å². The largest absolute Gasteiger partial charge is 0.387 e. The normalized spacial score (nSPS) is 27.4. The van der Waals surface area contributed by atoms with E-state index >= 15 is 0 Å². The molecule has 2 aliphatic heterocycles. The summed E-state index contributed by atoms with van der Waals surface area (Å²) in [5.41, 5.74) is 5.61. The molecule has 98 valence electrons. The Morgan fingerprint density at radius 2 is 1.71 bits per heavy atom. The topological polar surface area (TPSA) is 56.4 Å². The van der Waals surface area contributed by atoms with E-state index in [1.807, 2.05) is 0 Å². The van der Waals surface area contributed by atoms with Crippen LogP contribution < -0.4 is 5.73 Å². The molecule has 0 aromatic carbocycles. The van der Waals surface area contributed by atoms with Gasteiger partial charge in [-0.25, -0.2) is 0 Å². The van der Waals surface area contributed by atoms with Gasteiger partial charge in [0.2, 0.25) is 0 Å². The number of rotatable bonds is 5. The fourth-order valence-corrected chi connectivity index (χ4v) is 3.04. The smallest absolute Gasteiger partial charge is 0.0949 e. The lowest BCUT2D eigenvalue weighted by Crippen LogP contribution is -2.41. The van der Waals surface area contributed by atoms with Crippen molar-refractivity contribution in [2.24, 2.45) is 11.7 Å². The molecule has 0 bridgehead atoms. The Morgan fingerprint density at radius 1 is 1.06 bits per heavy atom. The summed E-state index contributed by atoms with van der Waals surface area (Å²) in [6.07, 6.45) is 6.35. The number of nitrogens with zero attached hydrogens (tertiary/aromatic N) is 2. The highest BCUT2D eigenvalue weighted by molar-refractivity contribution is 5.79. The first-order chi connectivity index (χ1) is 8.25. The molecule has 2 rings (SSSR count). The van der Waals surface area contributed by atoms with Crippen molar-refractivity contribution in [2.45, 2.75) is 32.1 Å². The van der Waals surface area contributed by atoms with Crippen molar-refractivity contribution < 1.29 is 0 Å². The monoisotopic (exact) mass is 238 g/mol. The summed E-state index contributed by atoms with van der Waals surface area (Å²) in [6, 6.07) is 0. The Kier molecular flexibility index (Phi) is 4.80. The predicted molar refractivity (Wildman–Crippen MR) is 71.4 cm³/mol. The number of hydrogen-bond acceptors (Lipinski definition) is 3. The summed E-state index contributed by atoms with van der Waals surface area (Å²) in [5.74, 6) is 0.699. The van der Waals surface area contributed by atoms with Crippen molar-refractivity contribution in [3.05, 3.63) is 0 Å². The minimum Gasteiger partial charge on any atom is -0.387 e. The molecule has 4 nitrogen and oxygen atoms in total. The highest BCUT2D eigenvalue weighted by Gasteiger charge is 2.21. The van der Waals surface area contributed by atoms with Crippen molar-refractivity contribution in [2.75, 3.05) is 39.3 Å². The molecule has 3 N–H and O–H groups in total. The molecule has 2 heterocycles. The molecule has 0 radical (unpaired) electrons. The second kappa shape index (κ2) is 6.36. The van der Waals surface area contributed by atoms with Gasteiger partial charge in [-0.2, -0.15) is 0 Å². The van der Waals surface area contributed by atoms with Crippen LogP contribution in [0.3, 0.4) is 0 Å². The van der Waals surface area contributed by atoms with Crippen LogP contribution >= 0.6 is 0 Å². The molecule has 2 saturated heterocycles. The zero-order chi connectivity index (χ0) is 12.1. The van der Waals surface area contributed by atoms with E-state index in [4.69, 9.17) is 11.1 Å². The van der Waals surface area contributed by atoms with Gasteiger partial charge >= 0.3 is 0 Å².